The molecule has 0 fully saturated rings. The molecule has 0 atom stereocenters. The van der Waals surface area contributed by atoms with E-state index in [1.54, 1.807) is 24.5 Å². The fraction of sp³-hybridized carbons (Fsp3) is 0.0455. The molecular weight excluding hydrogens is 388 g/mol. The maximum atomic E-state index is 12.5. The second kappa shape index (κ2) is 8.16. The highest BCUT2D eigenvalue weighted by Gasteiger charge is 2.14. The maximum absolute atomic E-state index is 12.5. The molecule has 0 bridgehead atoms. The van der Waals surface area contributed by atoms with Gasteiger partial charge in [-0.3, -0.25) is 9.78 Å². The Morgan fingerprint density at radius 1 is 1.00 bits per heavy atom. The Bertz CT molecular complexity index is 1180. The summed E-state index contributed by atoms with van der Waals surface area (Å²) in [5.74, 6) is 0.119. The predicted molar refractivity (Wildman–Crippen MR) is 115 cm³/mol. The van der Waals surface area contributed by atoms with Crippen molar-refractivity contribution < 1.29 is 9.90 Å². The molecule has 4 rings (SSSR count). The molecule has 0 aliphatic carbocycles. The van der Waals surface area contributed by atoms with Gasteiger partial charge in [0.05, 0.1) is 17.3 Å². The number of fused-ring (bicyclic) bond motifs is 1. The molecule has 7 heteroatoms. The molecule has 2 aromatic carbocycles. The highest BCUT2D eigenvalue weighted by molar-refractivity contribution is 6.36. The molecule has 0 aliphatic heterocycles. The van der Waals surface area contributed by atoms with Crippen molar-refractivity contribution in [1.82, 2.24) is 9.97 Å². The van der Waals surface area contributed by atoms with Crippen LogP contribution in [0, 0.1) is 0 Å². The summed E-state index contributed by atoms with van der Waals surface area (Å²) in [4.78, 5) is 20.9. The van der Waals surface area contributed by atoms with Crippen LogP contribution < -0.4 is 10.6 Å². The summed E-state index contributed by atoms with van der Waals surface area (Å²) >= 11 is 6.25. The van der Waals surface area contributed by atoms with Gasteiger partial charge in [0, 0.05) is 23.3 Å². The summed E-state index contributed by atoms with van der Waals surface area (Å²) in [5, 5.41) is 17.2. The van der Waals surface area contributed by atoms with Crippen molar-refractivity contribution >= 4 is 39.9 Å². The molecule has 4 aromatic rings. The van der Waals surface area contributed by atoms with Crippen LogP contribution >= 0.6 is 11.6 Å². The predicted octanol–water partition coefficient (Wildman–Crippen LogP) is 4.71. The van der Waals surface area contributed by atoms with E-state index in [4.69, 9.17) is 11.6 Å². The summed E-state index contributed by atoms with van der Waals surface area (Å²) in [5.41, 5.74) is 2.42. The van der Waals surface area contributed by atoms with Crippen LogP contribution in [0.4, 0.5) is 11.5 Å². The Morgan fingerprint density at radius 3 is 2.59 bits per heavy atom. The highest BCUT2D eigenvalue weighted by Crippen LogP contribution is 2.36. The van der Waals surface area contributed by atoms with Crippen molar-refractivity contribution in [3.8, 4) is 16.9 Å². The number of aromatic hydroxyl groups is 1. The van der Waals surface area contributed by atoms with Gasteiger partial charge in [0.15, 0.2) is 5.75 Å². The van der Waals surface area contributed by atoms with Gasteiger partial charge in [-0.15, -0.1) is 0 Å². The second-order valence-corrected chi connectivity index (χ2v) is 6.73. The van der Waals surface area contributed by atoms with Crippen molar-refractivity contribution in [3.05, 3.63) is 78.1 Å². The quantitative estimate of drug-likeness (QED) is 0.419. The van der Waals surface area contributed by atoms with Crippen LogP contribution in [0.2, 0.25) is 5.02 Å². The van der Waals surface area contributed by atoms with E-state index >= 15 is 0 Å². The first-order valence-corrected chi connectivity index (χ1v) is 9.31. The summed E-state index contributed by atoms with van der Waals surface area (Å²) in [6, 6.07) is 18.5. The number of carbonyl (C=O) groups excluding carboxylic acids is 1. The fourth-order valence-electron chi connectivity index (χ4n) is 3.04. The van der Waals surface area contributed by atoms with Gasteiger partial charge in [-0.2, -0.15) is 0 Å². The smallest absolute Gasteiger partial charge is 0.243 e. The van der Waals surface area contributed by atoms with E-state index in [1.807, 2.05) is 42.5 Å². The number of phenols is 1. The first-order chi connectivity index (χ1) is 14.1. The lowest BCUT2D eigenvalue weighted by atomic mass is 10.1. The lowest BCUT2D eigenvalue weighted by Crippen LogP contribution is -2.22. The molecule has 0 spiro atoms. The Labute approximate surface area is 172 Å². The van der Waals surface area contributed by atoms with E-state index < -0.39 is 0 Å². The van der Waals surface area contributed by atoms with Crippen LogP contribution in [0.5, 0.6) is 5.75 Å². The number of hydrogen-bond acceptors (Lipinski definition) is 5. The summed E-state index contributed by atoms with van der Waals surface area (Å²) < 4.78 is 0. The zero-order chi connectivity index (χ0) is 20.2. The number of rotatable bonds is 5. The third-order valence-electron chi connectivity index (χ3n) is 4.40. The third-order valence-corrected chi connectivity index (χ3v) is 4.71. The topological polar surface area (TPSA) is 87.1 Å². The molecule has 0 saturated heterocycles. The number of benzene rings is 2. The molecule has 3 N–H and O–H groups in total. The average Bonchev–Trinajstić information content (AvgIpc) is 2.77. The fourth-order valence-corrected chi connectivity index (χ4v) is 3.30. The lowest BCUT2D eigenvalue weighted by Gasteiger charge is -2.13. The standard InChI is InChI=1S/C22H17ClN4O2/c23-17-12-18(21(29)20-16(17)9-5-10-24-20)27-19(28)13-26-22-15(8-4-11-25-22)14-6-2-1-3-7-14/h1-12,29H,13H2,(H,25,26)(H,27,28). The van der Waals surface area contributed by atoms with Crippen molar-refractivity contribution in [2.75, 3.05) is 17.2 Å². The minimum absolute atomic E-state index is 0.0336. The van der Waals surface area contributed by atoms with E-state index in [0.29, 0.717) is 21.7 Å². The van der Waals surface area contributed by atoms with Crippen LogP contribution in [0.3, 0.4) is 0 Å². The van der Waals surface area contributed by atoms with Crippen molar-refractivity contribution in [1.29, 1.82) is 0 Å². The summed E-state index contributed by atoms with van der Waals surface area (Å²) in [6.45, 7) is -0.0336. The number of pyridine rings is 2. The number of anilines is 2. The Hall–Kier alpha value is -3.64. The first-order valence-electron chi connectivity index (χ1n) is 8.94. The zero-order valence-corrected chi connectivity index (χ0v) is 16.0. The molecule has 2 aromatic heterocycles. The van der Waals surface area contributed by atoms with Crippen molar-refractivity contribution in [3.63, 3.8) is 0 Å². The lowest BCUT2D eigenvalue weighted by molar-refractivity contribution is -0.114. The Morgan fingerprint density at radius 2 is 1.76 bits per heavy atom. The molecular formula is C22H17ClN4O2. The largest absolute Gasteiger partial charge is 0.504 e. The van der Waals surface area contributed by atoms with Gasteiger partial charge in [-0.05, 0) is 35.9 Å². The number of aromatic nitrogens is 2. The van der Waals surface area contributed by atoms with E-state index in [2.05, 4.69) is 20.6 Å². The minimum Gasteiger partial charge on any atom is -0.504 e. The number of hydrogen-bond donors (Lipinski definition) is 3. The van der Waals surface area contributed by atoms with Crippen LogP contribution in [0.15, 0.2) is 73.1 Å². The molecule has 6 nitrogen and oxygen atoms in total. The van der Waals surface area contributed by atoms with Gasteiger partial charge < -0.3 is 15.7 Å². The number of phenolic OH excluding ortho intramolecular Hbond substituents is 1. The zero-order valence-electron chi connectivity index (χ0n) is 15.3. The van der Waals surface area contributed by atoms with E-state index in [9.17, 15) is 9.90 Å². The molecule has 0 aliphatic rings. The molecule has 29 heavy (non-hydrogen) atoms. The minimum atomic E-state index is -0.351. The van der Waals surface area contributed by atoms with Crippen molar-refractivity contribution in [2.24, 2.45) is 0 Å². The van der Waals surface area contributed by atoms with E-state index in [0.717, 1.165) is 11.1 Å². The molecule has 1 amide bonds. The Kier molecular flexibility index (Phi) is 5.27. The monoisotopic (exact) mass is 404 g/mol. The summed E-state index contributed by atoms with van der Waals surface area (Å²) in [6.07, 6.45) is 3.21. The van der Waals surface area contributed by atoms with Gasteiger partial charge in [0.25, 0.3) is 0 Å². The molecule has 144 valence electrons. The number of halogens is 1. The van der Waals surface area contributed by atoms with Crippen LogP contribution in [-0.4, -0.2) is 27.5 Å². The van der Waals surface area contributed by atoms with E-state index in [-0.39, 0.29) is 23.9 Å². The SMILES string of the molecule is O=C(CNc1ncccc1-c1ccccc1)Nc1cc(Cl)c2cccnc2c1O. The molecule has 2 heterocycles. The normalized spacial score (nSPS) is 10.7. The maximum Gasteiger partial charge on any atom is 0.243 e. The second-order valence-electron chi connectivity index (χ2n) is 6.32. The van der Waals surface area contributed by atoms with Gasteiger partial charge in [-0.25, -0.2) is 4.98 Å². The first kappa shape index (κ1) is 18.7. The van der Waals surface area contributed by atoms with Gasteiger partial charge in [0.2, 0.25) is 5.91 Å². The number of nitrogens with zero attached hydrogens (tertiary/aromatic N) is 2. The summed E-state index contributed by atoms with van der Waals surface area (Å²) in [7, 11) is 0. The van der Waals surface area contributed by atoms with Gasteiger partial charge in [0.1, 0.15) is 11.3 Å². The molecule has 0 saturated carbocycles. The number of nitrogens with one attached hydrogen (secondary N) is 2. The van der Waals surface area contributed by atoms with E-state index in [1.165, 1.54) is 6.07 Å². The van der Waals surface area contributed by atoms with Crippen molar-refractivity contribution in [2.45, 2.75) is 0 Å². The number of carbonyl (C=O) groups is 1. The number of amides is 1. The third kappa shape index (κ3) is 3.97. The molecule has 0 radical (unpaired) electrons. The highest BCUT2D eigenvalue weighted by atomic mass is 35.5. The van der Waals surface area contributed by atoms with Crippen LogP contribution in [0.25, 0.3) is 22.0 Å². The average molecular weight is 405 g/mol. The Balaban J connectivity index is 1.51. The molecule has 0 unspecified atom stereocenters. The van der Waals surface area contributed by atoms with Crippen LogP contribution in [0.1, 0.15) is 0 Å². The van der Waals surface area contributed by atoms with Crippen LogP contribution in [-0.2, 0) is 4.79 Å². The van der Waals surface area contributed by atoms with Gasteiger partial charge >= 0.3 is 0 Å². The van der Waals surface area contributed by atoms with Gasteiger partial charge in [-0.1, -0.05) is 41.9 Å².